The first-order valence-electron chi connectivity index (χ1n) is 6.92. The number of hydrogen-bond donors (Lipinski definition) is 1. The monoisotopic (exact) mass is 349 g/mol. The van der Waals surface area contributed by atoms with Crippen LogP contribution in [0.5, 0.6) is 0 Å². The summed E-state index contributed by atoms with van der Waals surface area (Å²) < 4.78 is 14.5. The Hall–Kier alpha value is -1.68. The minimum atomic E-state index is -0.443. The summed E-state index contributed by atoms with van der Waals surface area (Å²) in [6.45, 7) is 2.03. The van der Waals surface area contributed by atoms with Gasteiger partial charge in [-0.05, 0) is 30.2 Å². The van der Waals surface area contributed by atoms with Crippen LogP contribution in [-0.4, -0.2) is 5.91 Å². The average molecular weight is 350 g/mol. The van der Waals surface area contributed by atoms with E-state index >= 15 is 0 Å². The Kier molecular flexibility index (Phi) is 5.51. The third-order valence-corrected chi connectivity index (χ3v) is 3.78. The highest BCUT2D eigenvalue weighted by Crippen LogP contribution is 2.25. The van der Waals surface area contributed by atoms with Crippen LogP contribution in [0.3, 0.4) is 0 Å². The standard InChI is InChI=1S/C17H17BrFNO/c1-2-6-14(12-7-4-3-5-8-12)17(21)20-16-10-9-13(18)11-15(16)19/h3-5,7-11,14H,2,6H2,1H3,(H,20,21). The minimum Gasteiger partial charge on any atom is -0.323 e. The Balaban J connectivity index is 2.19. The first-order valence-corrected chi connectivity index (χ1v) is 7.72. The number of halogens is 2. The molecule has 0 saturated heterocycles. The molecule has 0 saturated carbocycles. The number of hydrogen-bond acceptors (Lipinski definition) is 1. The Labute approximate surface area is 132 Å². The van der Waals surface area contributed by atoms with E-state index in [0.717, 1.165) is 18.4 Å². The molecule has 2 aromatic carbocycles. The highest BCUT2D eigenvalue weighted by atomic mass is 79.9. The van der Waals surface area contributed by atoms with Crippen molar-refractivity contribution in [1.29, 1.82) is 0 Å². The van der Waals surface area contributed by atoms with E-state index in [9.17, 15) is 9.18 Å². The fourth-order valence-electron chi connectivity index (χ4n) is 2.23. The van der Waals surface area contributed by atoms with Crippen LogP contribution >= 0.6 is 15.9 Å². The van der Waals surface area contributed by atoms with Crippen molar-refractivity contribution >= 4 is 27.5 Å². The van der Waals surface area contributed by atoms with E-state index in [0.29, 0.717) is 4.47 Å². The lowest BCUT2D eigenvalue weighted by molar-refractivity contribution is -0.117. The molecule has 0 heterocycles. The van der Waals surface area contributed by atoms with Crippen molar-refractivity contribution in [2.75, 3.05) is 5.32 Å². The lowest BCUT2D eigenvalue weighted by Gasteiger charge is -2.17. The number of rotatable bonds is 5. The van der Waals surface area contributed by atoms with Crippen molar-refractivity contribution in [2.45, 2.75) is 25.7 Å². The second-order valence-electron chi connectivity index (χ2n) is 4.87. The number of carbonyl (C=O) groups excluding carboxylic acids is 1. The molecule has 0 aromatic heterocycles. The van der Waals surface area contributed by atoms with Gasteiger partial charge in [0, 0.05) is 4.47 Å². The predicted octanol–water partition coefficient (Wildman–Crippen LogP) is 5.11. The summed E-state index contributed by atoms with van der Waals surface area (Å²) in [5.74, 6) is -0.885. The Morgan fingerprint density at radius 2 is 1.95 bits per heavy atom. The van der Waals surface area contributed by atoms with Crippen molar-refractivity contribution in [3.8, 4) is 0 Å². The zero-order valence-electron chi connectivity index (χ0n) is 11.8. The molecule has 1 amide bonds. The molecule has 0 bridgehead atoms. The number of amides is 1. The molecule has 0 spiro atoms. The molecule has 0 fully saturated rings. The maximum atomic E-state index is 13.8. The van der Waals surface area contributed by atoms with Crippen molar-refractivity contribution < 1.29 is 9.18 Å². The molecule has 0 aliphatic rings. The summed E-state index contributed by atoms with van der Waals surface area (Å²) in [6, 6.07) is 14.2. The van der Waals surface area contributed by atoms with Gasteiger partial charge in [0.1, 0.15) is 5.82 Å². The van der Waals surface area contributed by atoms with Crippen LogP contribution in [0, 0.1) is 5.82 Å². The normalized spacial score (nSPS) is 12.0. The van der Waals surface area contributed by atoms with Crippen molar-refractivity contribution in [2.24, 2.45) is 0 Å². The zero-order valence-corrected chi connectivity index (χ0v) is 13.4. The molecule has 2 rings (SSSR count). The molecular weight excluding hydrogens is 333 g/mol. The first kappa shape index (κ1) is 15.7. The Morgan fingerprint density at radius 1 is 1.24 bits per heavy atom. The molecule has 1 atom stereocenters. The van der Waals surface area contributed by atoms with Gasteiger partial charge in [-0.2, -0.15) is 0 Å². The van der Waals surface area contributed by atoms with Gasteiger partial charge < -0.3 is 5.32 Å². The molecule has 1 unspecified atom stereocenters. The van der Waals surface area contributed by atoms with E-state index in [-0.39, 0.29) is 17.5 Å². The number of carbonyl (C=O) groups is 1. The van der Waals surface area contributed by atoms with Crippen molar-refractivity contribution in [3.63, 3.8) is 0 Å². The molecule has 1 N–H and O–H groups in total. The summed E-state index contributed by atoms with van der Waals surface area (Å²) in [6.07, 6.45) is 1.61. The molecular formula is C17H17BrFNO. The molecule has 0 radical (unpaired) electrons. The largest absolute Gasteiger partial charge is 0.323 e. The van der Waals surface area contributed by atoms with Gasteiger partial charge in [0.25, 0.3) is 0 Å². The van der Waals surface area contributed by atoms with Crippen LogP contribution in [-0.2, 0) is 4.79 Å². The lowest BCUT2D eigenvalue weighted by atomic mass is 9.93. The average Bonchev–Trinajstić information content (AvgIpc) is 2.48. The quantitative estimate of drug-likeness (QED) is 0.798. The minimum absolute atomic E-state index is 0.177. The van der Waals surface area contributed by atoms with Gasteiger partial charge in [-0.1, -0.05) is 59.6 Å². The second-order valence-corrected chi connectivity index (χ2v) is 5.78. The van der Waals surface area contributed by atoms with E-state index in [1.165, 1.54) is 6.07 Å². The molecule has 21 heavy (non-hydrogen) atoms. The van der Waals surface area contributed by atoms with Gasteiger partial charge in [-0.3, -0.25) is 4.79 Å². The predicted molar refractivity (Wildman–Crippen MR) is 86.8 cm³/mol. The van der Waals surface area contributed by atoms with Crippen LogP contribution in [0.2, 0.25) is 0 Å². The fraction of sp³-hybridized carbons (Fsp3) is 0.235. The number of anilines is 1. The van der Waals surface area contributed by atoms with E-state index in [2.05, 4.69) is 21.2 Å². The Bertz CT molecular complexity index is 615. The lowest BCUT2D eigenvalue weighted by Crippen LogP contribution is -2.21. The summed E-state index contributed by atoms with van der Waals surface area (Å²) >= 11 is 3.20. The summed E-state index contributed by atoms with van der Waals surface area (Å²) in [5.41, 5.74) is 1.16. The van der Waals surface area contributed by atoms with Crippen molar-refractivity contribution in [3.05, 3.63) is 64.4 Å². The smallest absolute Gasteiger partial charge is 0.231 e. The summed E-state index contributed by atoms with van der Waals surface area (Å²) in [5, 5.41) is 2.69. The molecule has 0 aliphatic heterocycles. The van der Waals surface area contributed by atoms with Crippen LogP contribution < -0.4 is 5.32 Å². The maximum Gasteiger partial charge on any atom is 0.231 e. The Morgan fingerprint density at radius 3 is 2.57 bits per heavy atom. The molecule has 4 heteroatoms. The number of nitrogens with one attached hydrogen (secondary N) is 1. The summed E-state index contributed by atoms with van der Waals surface area (Å²) in [7, 11) is 0. The van der Waals surface area contributed by atoms with Crippen LogP contribution in [0.25, 0.3) is 0 Å². The number of benzene rings is 2. The third-order valence-electron chi connectivity index (χ3n) is 3.28. The van der Waals surface area contributed by atoms with E-state index in [1.54, 1.807) is 12.1 Å². The third kappa shape index (κ3) is 4.14. The highest BCUT2D eigenvalue weighted by Gasteiger charge is 2.20. The SMILES string of the molecule is CCCC(C(=O)Nc1ccc(Br)cc1F)c1ccccc1. The fourth-order valence-corrected chi connectivity index (χ4v) is 2.57. The highest BCUT2D eigenvalue weighted by molar-refractivity contribution is 9.10. The van der Waals surface area contributed by atoms with Gasteiger partial charge in [-0.15, -0.1) is 0 Å². The van der Waals surface area contributed by atoms with Crippen molar-refractivity contribution in [1.82, 2.24) is 0 Å². The van der Waals surface area contributed by atoms with E-state index in [1.807, 2.05) is 37.3 Å². The first-order chi connectivity index (χ1) is 10.1. The van der Waals surface area contributed by atoms with Crippen LogP contribution in [0.4, 0.5) is 10.1 Å². The second kappa shape index (κ2) is 7.36. The van der Waals surface area contributed by atoms with E-state index < -0.39 is 5.82 Å². The van der Waals surface area contributed by atoms with Crippen LogP contribution in [0.1, 0.15) is 31.2 Å². The molecule has 2 nitrogen and oxygen atoms in total. The van der Waals surface area contributed by atoms with Gasteiger partial charge in [-0.25, -0.2) is 4.39 Å². The van der Waals surface area contributed by atoms with Gasteiger partial charge in [0.05, 0.1) is 11.6 Å². The van der Waals surface area contributed by atoms with Gasteiger partial charge in [0.2, 0.25) is 5.91 Å². The van der Waals surface area contributed by atoms with Gasteiger partial charge in [0.15, 0.2) is 0 Å². The summed E-state index contributed by atoms with van der Waals surface area (Å²) in [4.78, 5) is 12.5. The van der Waals surface area contributed by atoms with E-state index in [4.69, 9.17) is 0 Å². The van der Waals surface area contributed by atoms with Crippen LogP contribution in [0.15, 0.2) is 53.0 Å². The maximum absolute atomic E-state index is 13.8. The zero-order chi connectivity index (χ0) is 15.2. The molecule has 110 valence electrons. The molecule has 2 aromatic rings. The van der Waals surface area contributed by atoms with Gasteiger partial charge >= 0.3 is 0 Å². The molecule has 0 aliphatic carbocycles. The topological polar surface area (TPSA) is 29.1 Å².